The molecule has 1 aromatic carbocycles. The molecule has 1 fully saturated rings. The molecule has 21 heavy (non-hydrogen) atoms. The molecule has 2 rings (SSSR count). The molecule has 0 saturated carbocycles. The topological polar surface area (TPSA) is 49.8 Å². The fraction of sp³-hybridized carbons (Fsp3) is 0.500. The summed E-state index contributed by atoms with van der Waals surface area (Å²) in [5.41, 5.74) is -2.47. The first-order valence-corrected chi connectivity index (χ1v) is 6.62. The smallest absolute Gasteiger partial charge is 0.436 e. The minimum atomic E-state index is -4.90. The van der Waals surface area contributed by atoms with Gasteiger partial charge in [-0.2, -0.15) is 13.2 Å². The van der Waals surface area contributed by atoms with Gasteiger partial charge in [-0.15, -0.1) is 0 Å². The number of piperidine rings is 1. The largest absolute Gasteiger partial charge is 0.444 e. The average Bonchev–Trinajstić information content (AvgIpc) is 2.45. The van der Waals surface area contributed by atoms with Crippen molar-refractivity contribution in [3.8, 4) is 0 Å². The van der Waals surface area contributed by atoms with E-state index in [9.17, 15) is 23.1 Å². The van der Waals surface area contributed by atoms with E-state index < -0.39 is 24.4 Å². The number of halogens is 3. The Morgan fingerprint density at radius 2 is 1.95 bits per heavy atom. The lowest BCUT2D eigenvalue weighted by molar-refractivity contribution is -0.316. The number of likely N-dealkylation sites (tertiary alicyclic amines) is 1. The first-order chi connectivity index (χ1) is 9.84. The molecule has 0 aliphatic carbocycles. The number of benzene rings is 1. The van der Waals surface area contributed by atoms with E-state index in [0.29, 0.717) is 16.9 Å². The van der Waals surface area contributed by atoms with Crippen molar-refractivity contribution in [2.24, 2.45) is 0 Å². The third kappa shape index (κ3) is 3.29. The van der Waals surface area contributed by atoms with Crippen molar-refractivity contribution in [1.29, 1.82) is 0 Å². The van der Waals surface area contributed by atoms with Crippen molar-refractivity contribution >= 4 is 6.09 Å². The van der Waals surface area contributed by atoms with E-state index in [2.05, 4.69) is 0 Å². The van der Waals surface area contributed by atoms with Crippen molar-refractivity contribution in [3.05, 3.63) is 35.9 Å². The standard InChI is InChI=1S/C14H16F3NO3/c15-14(16,17)13(20)8-4-5-9-18(13)12(19)21-10-11-6-2-1-3-7-11/h1-3,6-7,20H,4-5,8-10H2. The van der Waals surface area contributed by atoms with Gasteiger partial charge in [0, 0.05) is 13.0 Å². The number of rotatable bonds is 2. The van der Waals surface area contributed by atoms with E-state index >= 15 is 0 Å². The highest BCUT2D eigenvalue weighted by atomic mass is 19.4. The highest BCUT2D eigenvalue weighted by Gasteiger charge is 2.60. The van der Waals surface area contributed by atoms with Crippen molar-refractivity contribution in [3.63, 3.8) is 0 Å². The summed E-state index contributed by atoms with van der Waals surface area (Å²) < 4.78 is 43.9. The Balaban J connectivity index is 2.06. The van der Waals surface area contributed by atoms with Crippen LogP contribution in [0.2, 0.25) is 0 Å². The van der Waals surface area contributed by atoms with E-state index in [0.717, 1.165) is 0 Å². The van der Waals surface area contributed by atoms with E-state index in [-0.39, 0.29) is 19.6 Å². The van der Waals surface area contributed by atoms with Gasteiger partial charge in [-0.1, -0.05) is 30.3 Å². The Morgan fingerprint density at radius 1 is 1.29 bits per heavy atom. The van der Waals surface area contributed by atoms with Gasteiger partial charge in [-0.3, -0.25) is 4.90 Å². The summed E-state index contributed by atoms with van der Waals surface area (Å²) in [7, 11) is 0. The lowest BCUT2D eigenvalue weighted by atomic mass is 9.98. The fourth-order valence-corrected chi connectivity index (χ4v) is 2.30. The van der Waals surface area contributed by atoms with Crippen molar-refractivity contribution in [2.45, 2.75) is 37.8 Å². The number of hydrogen-bond donors (Lipinski definition) is 1. The van der Waals surface area contributed by atoms with E-state index in [4.69, 9.17) is 4.74 Å². The predicted molar refractivity (Wildman–Crippen MR) is 68.2 cm³/mol. The normalized spacial score (nSPS) is 23.0. The van der Waals surface area contributed by atoms with Crippen LogP contribution in [0.1, 0.15) is 24.8 Å². The van der Waals surface area contributed by atoms with Crippen LogP contribution in [-0.2, 0) is 11.3 Å². The fourth-order valence-electron chi connectivity index (χ4n) is 2.30. The maximum Gasteiger partial charge on any atom is 0.436 e. The maximum atomic E-state index is 13.0. The minimum Gasteiger partial charge on any atom is -0.444 e. The van der Waals surface area contributed by atoms with Gasteiger partial charge in [0.2, 0.25) is 5.72 Å². The van der Waals surface area contributed by atoms with E-state index in [1.54, 1.807) is 30.3 Å². The van der Waals surface area contributed by atoms with Gasteiger partial charge in [0.15, 0.2) is 0 Å². The van der Waals surface area contributed by atoms with Crippen LogP contribution in [0.25, 0.3) is 0 Å². The minimum absolute atomic E-state index is 0.135. The summed E-state index contributed by atoms with van der Waals surface area (Å²) in [6.07, 6.45) is -5.98. The Kier molecular flexibility index (Phi) is 4.41. The number of carbonyl (C=O) groups is 1. The second kappa shape index (κ2) is 5.93. The van der Waals surface area contributed by atoms with Crippen LogP contribution in [0.15, 0.2) is 30.3 Å². The van der Waals surface area contributed by atoms with E-state index in [1.807, 2.05) is 0 Å². The summed E-state index contributed by atoms with van der Waals surface area (Å²) in [6.45, 7) is -0.312. The quantitative estimate of drug-likeness (QED) is 0.913. The van der Waals surface area contributed by atoms with Crippen molar-refractivity contribution < 1.29 is 27.8 Å². The van der Waals surface area contributed by atoms with Crippen LogP contribution in [0.4, 0.5) is 18.0 Å². The van der Waals surface area contributed by atoms with Crippen molar-refractivity contribution in [1.82, 2.24) is 4.90 Å². The molecule has 1 atom stereocenters. The molecule has 1 amide bonds. The number of hydrogen-bond acceptors (Lipinski definition) is 3. The summed E-state index contributed by atoms with van der Waals surface area (Å²) in [6, 6.07) is 8.63. The van der Waals surface area contributed by atoms with Crippen LogP contribution in [0.3, 0.4) is 0 Å². The Hall–Kier alpha value is -1.76. The highest BCUT2D eigenvalue weighted by molar-refractivity contribution is 5.68. The van der Waals surface area contributed by atoms with Gasteiger partial charge >= 0.3 is 12.3 Å². The molecule has 1 N–H and O–H groups in total. The van der Waals surface area contributed by atoms with Gasteiger partial charge in [0.25, 0.3) is 0 Å². The molecule has 1 aliphatic rings. The number of carbonyl (C=O) groups excluding carboxylic acids is 1. The molecule has 7 heteroatoms. The summed E-state index contributed by atoms with van der Waals surface area (Å²) >= 11 is 0. The van der Waals surface area contributed by atoms with Crippen LogP contribution in [0, 0.1) is 0 Å². The molecule has 0 radical (unpaired) electrons. The Bertz CT molecular complexity index is 492. The number of aliphatic hydroxyl groups is 1. The molecule has 116 valence electrons. The second-order valence-electron chi connectivity index (χ2n) is 4.96. The highest BCUT2D eigenvalue weighted by Crippen LogP contribution is 2.40. The predicted octanol–water partition coefficient (Wildman–Crippen LogP) is 3.06. The van der Waals surface area contributed by atoms with Crippen LogP contribution in [0.5, 0.6) is 0 Å². The second-order valence-corrected chi connectivity index (χ2v) is 4.96. The Morgan fingerprint density at radius 3 is 2.57 bits per heavy atom. The lowest BCUT2D eigenvalue weighted by Gasteiger charge is -2.42. The van der Waals surface area contributed by atoms with Crippen LogP contribution >= 0.6 is 0 Å². The third-order valence-electron chi connectivity index (χ3n) is 3.48. The summed E-state index contributed by atoms with van der Waals surface area (Å²) in [4.78, 5) is 12.3. The first-order valence-electron chi connectivity index (χ1n) is 6.62. The van der Waals surface area contributed by atoms with Gasteiger partial charge < -0.3 is 9.84 Å². The average molecular weight is 303 g/mol. The molecule has 1 saturated heterocycles. The molecule has 1 heterocycles. The van der Waals surface area contributed by atoms with Crippen LogP contribution in [-0.4, -0.2) is 34.5 Å². The molecular formula is C14H16F3NO3. The third-order valence-corrected chi connectivity index (χ3v) is 3.48. The lowest BCUT2D eigenvalue weighted by Crippen LogP contribution is -2.63. The maximum absolute atomic E-state index is 13.0. The number of alkyl halides is 3. The van der Waals surface area contributed by atoms with Crippen molar-refractivity contribution in [2.75, 3.05) is 6.54 Å². The SMILES string of the molecule is O=C(OCc1ccccc1)N1CCCCC1(O)C(F)(F)F. The molecule has 1 unspecified atom stereocenters. The van der Waals surface area contributed by atoms with Crippen LogP contribution < -0.4 is 0 Å². The molecule has 0 spiro atoms. The van der Waals surface area contributed by atoms with Gasteiger partial charge in [0.1, 0.15) is 6.61 Å². The zero-order chi connectivity index (χ0) is 15.5. The molecule has 1 aromatic rings. The monoisotopic (exact) mass is 303 g/mol. The molecule has 0 bridgehead atoms. The van der Waals surface area contributed by atoms with Gasteiger partial charge in [-0.05, 0) is 18.4 Å². The number of nitrogens with zero attached hydrogens (tertiary/aromatic N) is 1. The molecular weight excluding hydrogens is 287 g/mol. The number of amides is 1. The summed E-state index contributed by atoms with van der Waals surface area (Å²) in [5, 5.41) is 9.84. The summed E-state index contributed by atoms with van der Waals surface area (Å²) in [5.74, 6) is 0. The van der Waals surface area contributed by atoms with Gasteiger partial charge in [0.05, 0.1) is 0 Å². The first kappa shape index (κ1) is 15.6. The van der Waals surface area contributed by atoms with E-state index in [1.165, 1.54) is 0 Å². The zero-order valence-electron chi connectivity index (χ0n) is 11.3. The Labute approximate surface area is 120 Å². The molecule has 0 aromatic heterocycles. The van der Waals surface area contributed by atoms with Gasteiger partial charge in [-0.25, -0.2) is 4.79 Å². The zero-order valence-corrected chi connectivity index (χ0v) is 11.3. The molecule has 4 nitrogen and oxygen atoms in total. The molecule has 1 aliphatic heterocycles. The number of ether oxygens (including phenoxy) is 1.